The molecule has 7 heteroatoms. The van der Waals surface area contributed by atoms with E-state index in [0.717, 1.165) is 35.7 Å². The van der Waals surface area contributed by atoms with Gasteiger partial charge in [-0.2, -0.15) is 0 Å². The number of anilines is 2. The number of carbonyl (C=O) groups excluding carboxylic acids is 2. The Morgan fingerprint density at radius 1 is 0.906 bits per heavy atom. The first kappa shape index (κ1) is 20.2. The van der Waals surface area contributed by atoms with E-state index >= 15 is 0 Å². The molecular weight excluding hydrogens is 406 g/mol. The maximum Gasteiger partial charge on any atom is 0.257 e. The SMILES string of the molecule is Cc1cc(C(=O)Nc2cccc(NC(=O)C3CC3)c2)c(C)n1-c1ccc2c(c1)OCCO2. The van der Waals surface area contributed by atoms with Crippen molar-refractivity contribution in [1.82, 2.24) is 4.57 Å². The van der Waals surface area contributed by atoms with Crippen molar-refractivity contribution >= 4 is 23.2 Å². The fourth-order valence-corrected chi connectivity index (χ4v) is 4.02. The Morgan fingerprint density at radius 3 is 2.38 bits per heavy atom. The Bertz CT molecular complexity index is 1210. The molecule has 0 radical (unpaired) electrons. The highest BCUT2D eigenvalue weighted by atomic mass is 16.6. The van der Waals surface area contributed by atoms with Crippen LogP contribution in [-0.2, 0) is 4.79 Å². The van der Waals surface area contributed by atoms with E-state index in [-0.39, 0.29) is 17.7 Å². The lowest BCUT2D eigenvalue weighted by Crippen LogP contribution is -2.16. The number of benzene rings is 2. The molecule has 164 valence electrons. The van der Waals surface area contributed by atoms with Crippen molar-refractivity contribution in [3.05, 3.63) is 65.5 Å². The molecule has 5 rings (SSSR count). The summed E-state index contributed by atoms with van der Waals surface area (Å²) in [5, 5.41) is 5.86. The highest BCUT2D eigenvalue weighted by Gasteiger charge is 2.29. The number of carbonyl (C=O) groups is 2. The Balaban J connectivity index is 1.37. The largest absolute Gasteiger partial charge is 0.486 e. The van der Waals surface area contributed by atoms with Crippen LogP contribution >= 0.6 is 0 Å². The normalized spacial score (nSPS) is 14.7. The predicted octanol–water partition coefficient (Wildman–Crippen LogP) is 4.47. The van der Waals surface area contributed by atoms with Crippen molar-refractivity contribution in [3.63, 3.8) is 0 Å². The highest BCUT2D eigenvalue weighted by Crippen LogP contribution is 2.34. The van der Waals surface area contributed by atoms with Gasteiger partial charge in [0.15, 0.2) is 11.5 Å². The van der Waals surface area contributed by atoms with Gasteiger partial charge in [-0.15, -0.1) is 0 Å². The molecule has 1 aliphatic carbocycles. The monoisotopic (exact) mass is 431 g/mol. The van der Waals surface area contributed by atoms with Crippen LogP contribution in [-0.4, -0.2) is 29.6 Å². The first-order valence-corrected chi connectivity index (χ1v) is 10.8. The Kier molecular flexibility index (Phi) is 5.09. The summed E-state index contributed by atoms with van der Waals surface area (Å²) < 4.78 is 13.3. The van der Waals surface area contributed by atoms with E-state index in [1.165, 1.54) is 0 Å². The molecule has 2 aromatic carbocycles. The zero-order valence-corrected chi connectivity index (χ0v) is 18.1. The summed E-state index contributed by atoms with van der Waals surface area (Å²) >= 11 is 0. The fraction of sp³-hybridized carbons (Fsp3) is 0.280. The molecule has 1 aromatic heterocycles. The van der Waals surface area contributed by atoms with E-state index < -0.39 is 0 Å². The number of amides is 2. The number of rotatable bonds is 5. The van der Waals surface area contributed by atoms with Crippen molar-refractivity contribution in [2.45, 2.75) is 26.7 Å². The third-order valence-electron chi connectivity index (χ3n) is 5.80. The summed E-state index contributed by atoms with van der Waals surface area (Å²) in [6.45, 7) is 4.96. The van der Waals surface area contributed by atoms with Crippen molar-refractivity contribution in [3.8, 4) is 17.2 Å². The number of hydrogen-bond donors (Lipinski definition) is 2. The molecular formula is C25H25N3O4. The van der Waals surface area contributed by atoms with Crippen LogP contribution in [0.1, 0.15) is 34.6 Å². The third kappa shape index (κ3) is 3.93. The van der Waals surface area contributed by atoms with Crippen LogP contribution in [0.5, 0.6) is 11.5 Å². The summed E-state index contributed by atoms with van der Waals surface area (Å²) in [6, 6.07) is 14.9. The minimum Gasteiger partial charge on any atom is -0.486 e. The quantitative estimate of drug-likeness (QED) is 0.625. The summed E-state index contributed by atoms with van der Waals surface area (Å²) in [5.74, 6) is 1.40. The van der Waals surface area contributed by atoms with Gasteiger partial charge < -0.3 is 24.7 Å². The van der Waals surface area contributed by atoms with Crippen molar-refractivity contribution in [2.75, 3.05) is 23.8 Å². The predicted molar refractivity (Wildman–Crippen MR) is 122 cm³/mol. The van der Waals surface area contributed by atoms with Crippen LogP contribution in [0, 0.1) is 19.8 Å². The smallest absolute Gasteiger partial charge is 0.257 e. The number of nitrogens with one attached hydrogen (secondary N) is 2. The number of aryl methyl sites for hydroxylation is 1. The van der Waals surface area contributed by atoms with Crippen LogP contribution < -0.4 is 20.1 Å². The number of nitrogens with zero attached hydrogens (tertiary/aromatic N) is 1. The zero-order chi connectivity index (χ0) is 22.2. The van der Waals surface area contributed by atoms with Crippen molar-refractivity contribution < 1.29 is 19.1 Å². The van der Waals surface area contributed by atoms with E-state index in [4.69, 9.17) is 9.47 Å². The molecule has 2 heterocycles. The molecule has 7 nitrogen and oxygen atoms in total. The second-order valence-corrected chi connectivity index (χ2v) is 8.25. The zero-order valence-electron chi connectivity index (χ0n) is 18.1. The second-order valence-electron chi connectivity index (χ2n) is 8.25. The summed E-state index contributed by atoms with van der Waals surface area (Å²) in [6.07, 6.45) is 1.89. The number of ether oxygens (including phenoxy) is 2. The lowest BCUT2D eigenvalue weighted by Gasteiger charge is -2.20. The molecule has 3 aromatic rings. The van der Waals surface area contributed by atoms with E-state index in [9.17, 15) is 9.59 Å². The number of aromatic nitrogens is 1. The topological polar surface area (TPSA) is 81.6 Å². The summed E-state index contributed by atoms with van der Waals surface area (Å²) in [5.41, 5.74) is 4.58. The van der Waals surface area contributed by atoms with E-state index in [2.05, 4.69) is 10.6 Å². The van der Waals surface area contributed by atoms with Crippen molar-refractivity contribution in [1.29, 1.82) is 0 Å². The maximum absolute atomic E-state index is 13.1. The van der Waals surface area contributed by atoms with Gasteiger partial charge in [0.2, 0.25) is 5.91 Å². The summed E-state index contributed by atoms with van der Waals surface area (Å²) in [7, 11) is 0. The van der Waals surface area contributed by atoms with E-state index in [1.54, 1.807) is 6.07 Å². The first-order chi connectivity index (χ1) is 15.5. The maximum atomic E-state index is 13.1. The van der Waals surface area contributed by atoms with Crippen LogP contribution in [0.2, 0.25) is 0 Å². The molecule has 0 bridgehead atoms. The molecule has 2 aliphatic rings. The molecule has 0 unspecified atom stereocenters. The van der Waals surface area contributed by atoms with Gasteiger partial charge >= 0.3 is 0 Å². The minimum atomic E-state index is -0.201. The van der Waals surface area contributed by atoms with Crippen molar-refractivity contribution in [2.24, 2.45) is 5.92 Å². The molecule has 2 N–H and O–H groups in total. The number of fused-ring (bicyclic) bond motifs is 1. The first-order valence-electron chi connectivity index (χ1n) is 10.8. The van der Waals surface area contributed by atoms with Gasteiger partial charge in [-0.1, -0.05) is 6.07 Å². The highest BCUT2D eigenvalue weighted by molar-refractivity contribution is 6.06. The lowest BCUT2D eigenvalue weighted by molar-refractivity contribution is -0.117. The molecule has 0 spiro atoms. The molecule has 1 fully saturated rings. The molecule has 0 atom stereocenters. The van der Waals surface area contributed by atoms with E-state index in [1.807, 2.05) is 60.9 Å². The van der Waals surface area contributed by atoms with Gasteiger partial charge in [-0.25, -0.2) is 0 Å². The Hall–Kier alpha value is -3.74. The van der Waals surface area contributed by atoms with E-state index in [0.29, 0.717) is 35.9 Å². The Labute approximate surface area is 186 Å². The molecule has 1 saturated carbocycles. The Morgan fingerprint density at radius 2 is 1.62 bits per heavy atom. The standard InChI is InChI=1S/C25H25N3O4/c1-15-12-21(16(2)28(15)20-8-9-22-23(14-20)32-11-10-31-22)25(30)27-19-5-3-4-18(13-19)26-24(29)17-6-7-17/h3-5,8-9,12-14,17H,6-7,10-11H2,1-2H3,(H,26,29)(H,27,30). The molecule has 2 amide bonds. The fourth-order valence-electron chi connectivity index (χ4n) is 4.02. The van der Waals surface area contributed by atoms with Crippen LogP contribution in [0.4, 0.5) is 11.4 Å². The summed E-state index contributed by atoms with van der Waals surface area (Å²) in [4.78, 5) is 25.1. The van der Waals surface area contributed by atoms with Gasteiger partial charge in [-0.3, -0.25) is 9.59 Å². The minimum absolute atomic E-state index is 0.0384. The second kappa shape index (κ2) is 8.07. The average Bonchev–Trinajstić information content (AvgIpc) is 3.59. The van der Waals surface area contributed by atoms with Gasteiger partial charge in [-0.05, 0) is 63.1 Å². The van der Waals surface area contributed by atoms with Gasteiger partial charge in [0, 0.05) is 40.4 Å². The van der Waals surface area contributed by atoms with Gasteiger partial charge in [0.25, 0.3) is 5.91 Å². The molecule has 32 heavy (non-hydrogen) atoms. The average molecular weight is 431 g/mol. The van der Waals surface area contributed by atoms with Crippen LogP contribution in [0.15, 0.2) is 48.5 Å². The van der Waals surface area contributed by atoms with Crippen LogP contribution in [0.25, 0.3) is 5.69 Å². The molecule has 1 aliphatic heterocycles. The lowest BCUT2D eigenvalue weighted by atomic mass is 10.2. The van der Waals surface area contributed by atoms with Crippen LogP contribution in [0.3, 0.4) is 0 Å². The third-order valence-corrected chi connectivity index (χ3v) is 5.80. The van der Waals surface area contributed by atoms with Gasteiger partial charge in [0.05, 0.1) is 5.56 Å². The number of hydrogen-bond acceptors (Lipinski definition) is 4. The van der Waals surface area contributed by atoms with Gasteiger partial charge in [0.1, 0.15) is 13.2 Å². The molecule has 0 saturated heterocycles.